The number of anilines is 1. The second-order valence-electron chi connectivity index (χ2n) is 7.75. The summed E-state index contributed by atoms with van der Waals surface area (Å²) in [5.41, 5.74) is 8.15. The van der Waals surface area contributed by atoms with E-state index in [0.29, 0.717) is 0 Å². The molecule has 3 nitrogen and oxygen atoms in total. The molecule has 0 spiro atoms. The Labute approximate surface area is 166 Å². The third kappa shape index (κ3) is 2.78. The summed E-state index contributed by atoms with van der Waals surface area (Å²) >= 11 is 0. The van der Waals surface area contributed by atoms with Crippen LogP contribution in [0.2, 0.25) is 0 Å². The van der Waals surface area contributed by atoms with Gasteiger partial charge in [0.15, 0.2) is 5.82 Å². The van der Waals surface area contributed by atoms with Gasteiger partial charge in [0.25, 0.3) is 0 Å². The SMILES string of the molecule is Cc1c(C)n(Cc2ccccc2)c2c(N3CCc4ccccc4C3)nccc12. The van der Waals surface area contributed by atoms with Crippen molar-refractivity contribution in [1.82, 2.24) is 9.55 Å². The first kappa shape index (κ1) is 17.1. The molecule has 4 aromatic rings. The molecule has 2 aromatic heterocycles. The smallest absolute Gasteiger partial charge is 0.153 e. The molecule has 0 saturated carbocycles. The van der Waals surface area contributed by atoms with E-state index in [1.54, 1.807) is 0 Å². The third-order valence-corrected chi connectivity index (χ3v) is 6.14. The predicted molar refractivity (Wildman–Crippen MR) is 116 cm³/mol. The summed E-state index contributed by atoms with van der Waals surface area (Å²) in [5, 5.41) is 1.32. The summed E-state index contributed by atoms with van der Waals surface area (Å²) in [6.07, 6.45) is 3.04. The molecule has 3 heteroatoms. The lowest BCUT2D eigenvalue weighted by molar-refractivity contribution is 0.717. The van der Waals surface area contributed by atoms with Crippen LogP contribution in [0.3, 0.4) is 0 Å². The standard InChI is InChI=1S/C25H25N3/c1-18-19(2)28(16-20-8-4-3-5-9-20)24-23(18)12-14-26-25(24)27-15-13-21-10-6-7-11-22(21)17-27/h3-12,14H,13,15-17H2,1-2H3. The monoisotopic (exact) mass is 367 g/mol. The molecule has 2 aromatic carbocycles. The van der Waals surface area contributed by atoms with Crippen LogP contribution in [0, 0.1) is 13.8 Å². The molecule has 0 N–H and O–H groups in total. The van der Waals surface area contributed by atoms with Crippen LogP contribution in [0.4, 0.5) is 5.82 Å². The summed E-state index contributed by atoms with van der Waals surface area (Å²) < 4.78 is 2.45. The van der Waals surface area contributed by atoms with Crippen molar-refractivity contribution in [2.45, 2.75) is 33.4 Å². The lowest BCUT2D eigenvalue weighted by atomic mass is 10.00. The Morgan fingerprint density at radius 3 is 2.46 bits per heavy atom. The topological polar surface area (TPSA) is 21.1 Å². The molecule has 0 unspecified atom stereocenters. The van der Waals surface area contributed by atoms with E-state index in [1.165, 1.54) is 38.9 Å². The minimum atomic E-state index is 0.875. The lowest BCUT2D eigenvalue weighted by Crippen LogP contribution is -2.31. The summed E-state index contributed by atoms with van der Waals surface area (Å²) in [6.45, 7) is 7.27. The molecule has 0 amide bonds. The fourth-order valence-corrected chi connectivity index (χ4v) is 4.45. The van der Waals surface area contributed by atoms with E-state index < -0.39 is 0 Å². The second kappa shape index (κ2) is 6.83. The van der Waals surface area contributed by atoms with Crippen LogP contribution in [0.15, 0.2) is 66.9 Å². The number of hydrogen-bond donors (Lipinski definition) is 0. The molecule has 0 aliphatic carbocycles. The van der Waals surface area contributed by atoms with Gasteiger partial charge >= 0.3 is 0 Å². The van der Waals surface area contributed by atoms with Gasteiger partial charge in [-0.3, -0.25) is 0 Å². The Hall–Kier alpha value is -3.07. The number of nitrogens with zero attached hydrogens (tertiary/aromatic N) is 3. The highest BCUT2D eigenvalue weighted by molar-refractivity contribution is 5.93. The fraction of sp³-hybridized carbons (Fsp3) is 0.240. The van der Waals surface area contributed by atoms with E-state index in [1.807, 2.05) is 6.20 Å². The number of aryl methyl sites for hydroxylation is 1. The van der Waals surface area contributed by atoms with Crippen molar-refractivity contribution in [2.24, 2.45) is 0 Å². The predicted octanol–water partition coefficient (Wildman–Crippen LogP) is 5.26. The quantitative estimate of drug-likeness (QED) is 0.492. The first-order chi connectivity index (χ1) is 13.7. The zero-order chi connectivity index (χ0) is 19.1. The van der Waals surface area contributed by atoms with E-state index in [4.69, 9.17) is 4.98 Å². The van der Waals surface area contributed by atoms with E-state index in [9.17, 15) is 0 Å². The number of hydrogen-bond acceptors (Lipinski definition) is 2. The van der Waals surface area contributed by atoms with Crippen molar-refractivity contribution < 1.29 is 0 Å². The molecule has 0 fully saturated rings. The van der Waals surface area contributed by atoms with Crippen LogP contribution in [0.1, 0.15) is 27.9 Å². The molecule has 5 rings (SSSR count). The van der Waals surface area contributed by atoms with E-state index in [0.717, 1.165) is 31.9 Å². The zero-order valence-corrected chi connectivity index (χ0v) is 16.5. The van der Waals surface area contributed by atoms with Crippen LogP contribution in [-0.2, 0) is 19.5 Å². The second-order valence-corrected chi connectivity index (χ2v) is 7.75. The van der Waals surface area contributed by atoms with Crippen molar-refractivity contribution in [3.05, 3.63) is 94.8 Å². The van der Waals surface area contributed by atoms with Gasteiger partial charge in [0.05, 0.1) is 5.52 Å². The van der Waals surface area contributed by atoms with Gasteiger partial charge < -0.3 is 9.47 Å². The Balaban J connectivity index is 1.63. The molecule has 0 atom stereocenters. The van der Waals surface area contributed by atoms with Crippen LogP contribution in [0.5, 0.6) is 0 Å². The maximum atomic E-state index is 4.87. The number of rotatable bonds is 3. The van der Waals surface area contributed by atoms with Gasteiger partial charge in [-0.2, -0.15) is 0 Å². The van der Waals surface area contributed by atoms with E-state index >= 15 is 0 Å². The van der Waals surface area contributed by atoms with Gasteiger partial charge in [-0.05, 0) is 48.6 Å². The van der Waals surface area contributed by atoms with Gasteiger partial charge in [-0.15, -0.1) is 0 Å². The normalized spacial score (nSPS) is 13.7. The maximum absolute atomic E-state index is 4.87. The van der Waals surface area contributed by atoms with E-state index in [2.05, 4.69) is 84.0 Å². The van der Waals surface area contributed by atoms with Gasteiger partial charge in [0.2, 0.25) is 0 Å². The van der Waals surface area contributed by atoms with E-state index in [-0.39, 0.29) is 0 Å². The third-order valence-electron chi connectivity index (χ3n) is 6.14. The summed E-state index contributed by atoms with van der Waals surface area (Å²) in [6, 6.07) is 21.7. The van der Waals surface area contributed by atoms with Gasteiger partial charge in [-0.1, -0.05) is 54.6 Å². The molecule has 1 aliphatic heterocycles. The first-order valence-corrected chi connectivity index (χ1v) is 10.0. The average Bonchev–Trinajstić information content (AvgIpc) is 2.99. The molecule has 28 heavy (non-hydrogen) atoms. The Bertz CT molecular complexity index is 1140. The first-order valence-electron chi connectivity index (χ1n) is 10.0. The minimum Gasteiger partial charge on any atom is -0.350 e. The summed E-state index contributed by atoms with van der Waals surface area (Å²) in [4.78, 5) is 7.31. The average molecular weight is 367 g/mol. The van der Waals surface area contributed by atoms with Crippen molar-refractivity contribution in [1.29, 1.82) is 0 Å². The highest BCUT2D eigenvalue weighted by Gasteiger charge is 2.22. The van der Waals surface area contributed by atoms with Crippen molar-refractivity contribution >= 4 is 16.7 Å². The van der Waals surface area contributed by atoms with Gasteiger partial charge in [-0.25, -0.2) is 4.98 Å². The number of aromatic nitrogens is 2. The largest absolute Gasteiger partial charge is 0.350 e. The van der Waals surface area contributed by atoms with Gasteiger partial charge in [0, 0.05) is 36.9 Å². The fourth-order valence-electron chi connectivity index (χ4n) is 4.45. The molecule has 140 valence electrons. The number of benzene rings is 2. The Morgan fingerprint density at radius 2 is 1.64 bits per heavy atom. The van der Waals surface area contributed by atoms with Crippen LogP contribution < -0.4 is 4.90 Å². The number of pyridine rings is 1. The molecule has 0 radical (unpaired) electrons. The lowest BCUT2D eigenvalue weighted by Gasteiger charge is -2.30. The Kier molecular flexibility index (Phi) is 4.16. The molecular weight excluding hydrogens is 342 g/mol. The minimum absolute atomic E-state index is 0.875. The van der Waals surface area contributed by atoms with Crippen molar-refractivity contribution in [3.8, 4) is 0 Å². The highest BCUT2D eigenvalue weighted by atomic mass is 15.2. The van der Waals surface area contributed by atoms with Crippen molar-refractivity contribution in [2.75, 3.05) is 11.4 Å². The number of fused-ring (bicyclic) bond motifs is 2. The summed E-state index contributed by atoms with van der Waals surface area (Å²) in [5.74, 6) is 1.11. The summed E-state index contributed by atoms with van der Waals surface area (Å²) in [7, 11) is 0. The molecule has 1 aliphatic rings. The molecular formula is C25H25N3. The van der Waals surface area contributed by atoms with Crippen LogP contribution >= 0.6 is 0 Å². The van der Waals surface area contributed by atoms with Gasteiger partial charge in [0.1, 0.15) is 0 Å². The highest BCUT2D eigenvalue weighted by Crippen LogP contribution is 2.34. The van der Waals surface area contributed by atoms with Crippen molar-refractivity contribution in [3.63, 3.8) is 0 Å². The maximum Gasteiger partial charge on any atom is 0.153 e. The zero-order valence-electron chi connectivity index (χ0n) is 16.5. The molecule has 0 saturated heterocycles. The molecule has 0 bridgehead atoms. The van der Waals surface area contributed by atoms with Crippen LogP contribution in [0.25, 0.3) is 10.9 Å². The molecule has 3 heterocycles. The Morgan fingerprint density at radius 1 is 0.893 bits per heavy atom. The van der Waals surface area contributed by atoms with Crippen LogP contribution in [-0.4, -0.2) is 16.1 Å².